The first-order chi connectivity index (χ1) is 7.22. The maximum Gasteiger partial charge on any atom is 0.226 e. The maximum atomic E-state index is 12.1. The molecule has 0 aromatic carbocycles. The molecular weight excluding hydrogens is 188 g/mol. The Bertz CT molecular complexity index is 275. The van der Waals surface area contributed by atoms with Crippen LogP contribution in [0.15, 0.2) is 12.2 Å². The van der Waals surface area contributed by atoms with Crippen LogP contribution in [0.2, 0.25) is 0 Å². The minimum atomic E-state index is 0.266. The summed E-state index contributed by atoms with van der Waals surface area (Å²) in [5.41, 5.74) is 0. The lowest BCUT2D eigenvalue weighted by atomic mass is 9.92. The van der Waals surface area contributed by atoms with Gasteiger partial charge in [-0.3, -0.25) is 4.79 Å². The molecule has 15 heavy (non-hydrogen) atoms. The first kappa shape index (κ1) is 10.7. The highest BCUT2D eigenvalue weighted by atomic mass is 16.2. The highest BCUT2D eigenvalue weighted by Crippen LogP contribution is 2.43. The molecule has 1 N–H and O–H groups in total. The van der Waals surface area contributed by atoms with Gasteiger partial charge in [0.1, 0.15) is 0 Å². The van der Waals surface area contributed by atoms with Crippen molar-refractivity contribution in [3.05, 3.63) is 12.2 Å². The number of hydrogen-bond acceptors (Lipinski definition) is 2. The Labute approximate surface area is 91.5 Å². The van der Waals surface area contributed by atoms with Crippen LogP contribution in [-0.2, 0) is 4.79 Å². The van der Waals surface area contributed by atoms with Gasteiger partial charge < -0.3 is 10.2 Å². The predicted molar refractivity (Wildman–Crippen MR) is 60.4 cm³/mol. The number of allylic oxidation sites excluding steroid dienone is 2. The quantitative estimate of drug-likeness (QED) is 0.695. The zero-order valence-corrected chi connectivity index (χ0v) is 9.57. The van der Waals surface area contributed by atoms with Gasteiger partial charge in [-0.2, -0.15) is 0 Å². The van der Waals surface area contributed by atoms with Crippen molar-refractivity contribution in [2.24, 2.45) is 17.8 Å². The Kier molecular flexibility index (Phi) is 3.10. The van der Waals surface area contributed by atoms with Gasteiger partial charge in [-0.25, -0.2) is 0 Å². The van der Waals surface area contributed by atoms with Crippen LogP contribution in [0.3, 0.4) is 0 Å². The summed E-state index contributed by atoms with van der Waals surface area (Å²) in [6.07, 6.45) is 6.80. The van der Waals surface area contributed by atoms with Crippen LogP contribution in [0.5, 0.6) is 0 Å². The third-order valence-corrected chi connectivity index (χ3v) is 3.67. The van der Waals surface area contributed by atoms with Gasteiger partial charge in [0.15, 0.2) is 0 Å². The number of nitrogens with zero attached hydrogens (tertiary/aromatic N) is 1. The molecular formula is C12H20N2O. The maximum absolute atomic E-state index is 12.1. The van der Waals surface area contributed by atoms with E-state index >= 15 is 0 Å². The van der Waals surface area contributed by atoms with Crippen molar-refractivity contribution in [2.75, 3.05) is 27.2 Å². The summed E-state index contributed by atoms with van der Waals surface area (Å²) in [4.78, 5) is 14.0. The average Bonchev–Trinajstić information content (AvgIpc) is 2.86. The molecule has 84 valence electrons. The monoisotopic (exact) mass is 208 g/mol. The van der Waals surface area contributed by atoms with Gasteiger partial charge >= 0.3 is 0 Å². The van der Waals surface area contributed by atoms with Crippen molar-refractivity contribution in [3.8, 4) is 0 Å². The predicted octanol–water partition coefficient (Wildman–Crippen LogP) is 0.876. The summed E-state index contributed by atoms with van der Waals surface area (Å²) in [6.45, 7) is 1.69. The number of likely N-dealkylation sites (N-methyl/N-ethyl adjacent to an activating group) is 2. The van der Waals surface area contributed by atoms with Gasteiger partial charge in [0, 0.05) is 26.1 Å². The second-order valence-corrected chi connectivity index (χ2v) is 4.75. The van der Waals surface area contributed by atoms with Crippen LogP contribution in [-0.4, -0.2) is 38.0 Å². The van der Waals surface area contributed by atoms with E-state index in [-0.39, 0.29) is 5.92 Å². The molecule has 2 bridgehead atoms. The van der Waals surface area contributed by atoms with E-state index in [4.69, 9.17) is 0 Å². The molecule has 1 fully saturated rings. The Hall–Kier alpha value is -0.830. The fourth-order valence-corrected chi connectivity index (χ4v) is 2.74. The van der Waals surface area contributed by atoms with E-state index in [2.05, 4.69) is 17.5 Å². The lowest BCUT2D eigenvalue weighted by Gasteiger charge is -2.24. The summed E-state index contributed by atoms with van der Waals surface area (Å²) in [7, 11) is 3.83. The normalized spacial score (nSPS) is 32.3. The number of hydrogen-bond donors (Lipinski definition) is 1. The van der Waals surface area contributed by atoms with Crippen LogP contribution in [0, 0.1) is 17.8 Å². The molecule has 3 unspecified atom stereocenters. The number of carbonyl (C=O) groups excluding carboxylic acids is 1. The molecule has 2 rings (SSSR count). The summed E-state index contributed by atoms with van der Waals surface area (Å²) >= 11 is 0. The van der Waals surface area contributed by atoms with Crippen LogP contribution >= 0.6 is 0 Å². The largest absolute Gasteiger partial charge is 0.344 e. The van der Waals surface area contributed by atoms with E-state index in [1.165, 1.54) is 6.42 Å². The SMILES string of the molecule is CNCCN(C)C(=O)C1CC2C=CC1C2. The van der Waals surface area contributed by atoms with E-state index in [9.17, 15) is 4.79 Å². The number of amides is 1. The minimum absolute atomic E-state index is 0.266. The minimum Gasteiger partial charge on any atom is -0.344 e. The topological polar surface area (TPSA) is 32.3 Å². The lowest BCUT2D eigenvalue weighted by Crippen LogP contribution is -2.38. The van der Waals surface area contributed by atoms with Gasteiger partial charge in [-0.1, -0.05) is 12.2 Å². The molecule has 0 saturated heterocycles. The van der Waals surface area contributed by atoms with Crippen molar-refractivity contribution in [1.82, 2.24) is 10.2 Å². The van der Waals surface area contributed by atoms with E-state index in [1.54, 1.807) is 0 Å². The van der Waals surface area contributed by atoms with Crippen molar-refractivity contribution in [3.63, 3.8) is 0 Å². The van der Waals surface area contributed by atoms with Crippen molar-refractivity contribution >= 4 is 5.91 Å². The smallest absolute Gasteiger partial charge is 0.226 e. The lowest BCUT2D eigenvalue weighted by molar-refractivity contribution is -0.134. The zero-order chi connectivity index (χ0) is 10.8. The second-order valence-electron chi connectivity index (χ2n) is 4.75. The zero-order valence-electron chi connectivity index (χ0n) is 9.57. The highest BCUT2D eigenvalue weighted by molar-refractivity contribution is 5.79. The number of nitrogens with one attached hydrogen (secondary N) is 1. The molecule has 0 aliphatic heterocycles. The second kappa shape index (κ2) is 4.35. The number of rotatable bonds is 4. The third kappa shape index (κ3) is 2.07. The first-order valence-electron chi connectivity index (χ1n) is 5.80. The van der Waals surface area contributed by atoms with Crippen molar-refractivity contribution in [1.29, 1.82) is 0 Å². The Morgan fingerprint density at radius 2 is 2.27 bits per heavy atom. The molecule has 0 aromatic heterocycles. The van der Waals surface area contributed by atoms with Gasteiger partial charge in [0.05, 0.1) is 0 Å². The van der Waals surface area contributed by atoms with E-state index < -0.39 is 0 Å². The molecule has 3 heteroatoms. The molecule has 2 aliphatic rings. The van der Waals surface area contributed by atoms with Crippen LogP contribution in [0.25, 0.3) is 0 Å². The fourth-order valence-electron chi connectivity index (χ4n) is 2.74. The molecule has 0 radical (unpaired) electrons. The van der Waals surface area contributed by atoms with E-state index in [1.807, 2.05) is 19.0 Å². The molecule has 3 atom stereocenters. The number of fused-ring (bicyclic) bond motifs is 2. The fraction of sp³-hybridized carbons (Fsp3) is 0.750. The standard InChI is InChI=1S/C12H20N2O/c1-13-5-6-14(2)12(15)11-8-9-3-4-10(11)7-9/h3-4,9-11,13H,5-8H2,1-2H3. The van der Waals surface area contributed by atoms with Crippen LogP contribution in [0.1, 0.15) is 12.8 Å². The summed E-state index contributed by atoms with van der Waals surface area (Å²) in [6, 6.07) is 0. The summed E-state index contributed by atoms with van der Waals surface area (Å²) in [5.74, 6) is 1.81. The van der Waals surface area contributed by atoms with Gasteiger partial charge in [-0.15, -0.1) is 0 Å². The Balaban J connectivity index is 1.88. The molecule has 0 aromatic rings. The van der Waals surface area contributed by atoms with Gasteiger partial charge in [0.2, 0.25) is 5.91 Å². The van der Waals surface area contributed by atoms with Crippen LogP contribution < -0.4 is 5.32 Å². The highest BCUT2D eigenvalue weighted by Gasteiger charge is 2.40. The van der Waals surface area contributed by atoms with E-state index in [0.717, 1.165) is 19.5 Å². The van der Waals surface area contributed by atoms with Crippen molar-refractivity contribution in [2.45, 2.75) is 12.8 Å². The van der Waals surface area contributed by atoms with Crippen LogP contribution in [0.4, 0.5) is 0 Å². The average molecular weight is 208 g/mol. The van der Waals surface area contributed by atoms with Crippen molar-refractivity contribution < 1.29 is 4.79 Å². The van der Waals surface area contributed by atoms with Gasteiger partial charge in [-0.05, 0) is 31.7 Å². The van der Waals surface area contributed by atoms with Gasteiger partial charge in [0.25, 0.3) is 0 Å². The number of carbonyl (C=O) groups is 1. The molecule has 1 saturated carbocycles. The molecule has 2 aliphatic carbocycles. The molecule has 0 heterocycles. The van der Waals surface area contributed by atoms with E-state index in [0.29, 0.717) is 17.7 Å². The molecule has 3 nitrogen and oxygen atoms in total. The molecule has 1 amide bonds. The molecule has 0 spiro atoms. The first-order valence-corrected chi connectivity index (χ1v) is 5.80. The Morgan fingerprint density at radius 3 is 2.80 bits per heavy atom. The third-order valence-electron chi connectivity index (χ3n) is 3.67. The Morgan fingerprint density at radius 1 is 1.47 bits per heavy atom. The summed E-state index contributed by atoms with van der Waals surface area (Å²) < 4.78 is 0. The summed E-state index contributed by atoms with van der Waals surface area (Å²) in [5, 5.41) is 3.07.